The molecule has 0 aromatic heterocycles. The van der Waals surface area contributed by atoms with Crippen molar-refractivity contribution < 1.29 is 13.2 Å². The second-order valence-corrected chi connectivity index (χ2v) is 7.40. The van der Waals surface area contributed by atoms with Gasteiger partial charge in [0.1, 0.15) is 0 Å². The van der Waals surface area contributed by atoms with Gasteiger partial charge in [0.15, 0.2) is 0 Å². The van der Waals surface area contributed by atoms with Gasteiger partial charge in [-0.25, -0.2) is 9.52 Å². The van der Waals surface area contributed by atoms with Crippen molar-refractivity contribution in [2.24, 2.45) is 0 Å². The second-order valence-electron chi connectivity index (χ2n) is 5.73. The fourth-order valence-corrected chi connectivity index (χ4v) is 4.09. The molecule has 1 aliphatic carbocycles. The minimum Gasteiger partial charge on any atom is -0.335 e. The van der Waals surface area contributed by atoms with Gasteiger partial charge in [-0.15, -0.1) is 0 Å². The zero-order valence-electron chi connectivity index (χ0n) is 11.9. The van der Waals surface area contributed by atoms with Gasteiger partial charge in [-0.2, -0.15) is 12.7 Å². The minimum absolute atomic E-state index is 0.114. The van der Waals surface area contributed by atoms with E-state index in [1.165, 1.54) is 10.7 Å². The molecule has 2 N–H and O–H groups in total. The smallest absolute Gasteiger partial charge is 0.329 e. The highest BCUT2D eigenvalue weighted by Crippen LogP contribution is 2.17. The van der Waals surface area contributed by atoms with Crippen molar-refractivity contribution in [2.75, 3.05) is 13.1 Å². The first-order valence-electron chi connectivity index (χ1n) is 7.66. The van der Waals surface area contributed by atoms with Crippen molar-refractivity contribution in [3.63, 3.8) is 0 Å². The Kier molecular flexibility index (Phi) is 5.65. The Labute approximate surface area is 121 Å². The third-order valence-electron chi connectivity index (χ3n) is 4.07. The lowest BCUT2D eigenvalue weighted by Crippen LogP contribution is -2.50. The van der Waals surface area contributed by atoms with Gasteiger partial charge in [0.25, 0.3) is 0 Å². The van der Waals surface area contributed by atoms with Crippen LogP contribution in [0, 0.1) is 0 Å². The topological polar surface area (TPSA) is 78.5 Å². The first-order chi connectivity index (χ1) is 9.58. The molecule has 0 aromatic carbocycles. The number of urea groups is 1. The molecule has 1 saturated heterocycles. The van der Waals surface area contributed by atoms with E-state index in [1.807, 2.05) is 0 Å². The molecule has 0 bridgehead atoms. The SMILES string of the molecule is O=C(NC1CCCCC1)NS(=O)(=O)N1CCCCCC1. The molecule has 2 rings (SSSR count). The van der Waals surface area contributed by atoms with E-state index in [9.17, 15) is 13.2 Å². The maximum Gasteiger partial charge on any atom is 0.329 e. The molecule has 0 atom stereocenters. The first kappa shape index (κ1) is 15.6. The molecule has 2 aliphatic rings. The molecular formula is C13H25N3O3S. The Morgan fingerprint density at radius 1 is 0.900 bits per heavy atom. The quantitative estimate of drug-likeness (QED) is 0.833. The van der Waals surface area contributed by atoms with Gasteiger partial charge in [0, 0.05) is 19.1 Å². The highest BCUT2D eigenvalue weighted by Gasteiger charge is 2.26. The largest absolute Gasteiger partial charge is 0.335 e. The summed E-state index contributed by atoms with van der Waals surface area (Å²) < 4.78 is 27.8. The van der Waals surface area contributed by atoms with Gasteiger partial charge in [-0.05, 0) is 25.7 Å². The molecule has 0 unspecified atom stereocenters. The predicted molar refractivity (Wildman–Crippen MR) is 77.5 cm³/mol. The van der Waals surface area contributed by atoms with E-state index in [4.69, 9.17) is 0 Å². The normalized spacial score (nSPS) is 23.0. The molecule has 0 aromatic rings. The molecule has 6 nitrogen and oxygen atoms in total. The number of carbonyl (C=O) groups excluding carboxylic acids is 1. The summed E-state index contributed by atoms with van der Waals surface area (Å²) in [5, 5.41) is 2.77. The summed E-state index contributed by atoms with van der Waals surface area (Å²) in [6.07, 6.45) is 9.13. The van der Waals surface area contributed by atoms with E-state index in [-0.39, 0.29) is 6.04 Å². The number of rotatable bonds is 3. The summed E-state index contributed by atoms with van der Waals surface area (Å²) in [4.78, 5) is 11.8. The van der Waals surface area contributed by atoms with E-state index in [2.05, 4.69) is 10.0 Å². The number of carbonyl (C=O) groups is 1. The summed E-state index contributed by atoms with van der Waals surface area (Å²) in [7, 11) is -3.69. The fraction of sp³-hybridized carbons (Fsp3) is 0.923. The molecule has 2 amide bonds. The van der Waals surface area contributed by atoms with Crippen LogP contribution in [0.4, 0.5) is 4.79 Å². The summed E-state index contributed by atoms with van der Waals surface area (Å²) in [6.45, 7) is 1.01. The van der Waals surface area contributed by atoms with E-state index in [0.717, 1.165) is 51.4 Å². The minimum atomic E-state index is -3.69. The van der Waals surface area contributed by atoms with Gasteiger partial charge in [0.2, 0.25) is 0 Å². The third kappa shape index (κ3) is 4.63. The molecule has 2 fully saturated rings. The van der Waals surface area contributed by atoms with Crippen LogP contribution in [-0.2, 0) is 10.2 Å². The molecule has 20 heavy (non-hydrogen) atoms. The van der Waals surface area contributed by atoms with Crippen molar-refractivity contribution >= 4 is 16.2 Å². The van der Waals surface area contributed by atoms with Gasteiger partial charge >= 0.3 is 16.2 Å². The van der Waals surface area contributed by atoms with Gasteiger partial charge in [-0.3, -0.25) is 0 Å². The Bertz CT molecular complexity index is 411. The van der Waals surface area contributed by atoms with Crippen LogP contribution in [0.15, 0.2) is 0 Å². The van der Waals surface area contributed by atoms with Crippen LogP contribution in [0.2, 0.25) is 0 Å². The highest BCUT2D eigenvalue weighted by atomic mass is 32.2. The van der Waals surface area contributed by atoms with Crippen LogP contribution >= 0.6 is 0 Å². The van der Waals surface area contributed by atoms with Crippen LogP contribution in [0.1, 0.15) is 57.8 Å². The number of hydrogen-bond acceptors (Lipinski definition) is 3. The molecule has 0 radical (unpaired) electrons. The van der Waals surface area contributed by atoms with Crippen LogP contribution < -0.4 is 10.0 Å². The van der Waals surface area contributed by atoms with E-state index < -0.39 is 16.2 Å². The standard InChI is InChI=1S/C13H25N3O3S/c17-13(14-12-8-4-3-5-9-12)15-20(18,19)16-10-6-1-2-7-11-16/h12H,1-11H2,(H2,14,15,17). The van der Waals surface area contributed by atoms with Gasteiger partial charge in [-0.1, -0.05) is 32.1 Å². The lowest BCUT2D eigenvalue weighted by molar-refractivity contribution is 0.237. The summed E-state index contributed by atoms with van der Waals surface area (Å²) in [5.74, 6) is 0. The maximum absolute atomic E-state index is 12.1. The van der Waals surface area contributed by atoms with Crippen LogP contribution in [0.3, 0.4) is 0 Å². The zero-order chi connectivity index (χ0) is 14.4. The van der Waals surface area contributed by atoms with Crippen LogP contribution in [-0.4, -0.2) is 37.9 Å². The monoisotopic (exact) mass is 303 g/mol. The Morgan fingerprint density at radius 2 is 1.45 bits per heavy atom. The van der Waals surface area contributed by atoms with Crippen molar-refractivity contribution in [3.05, 3.63) is 0 Å². The fourth-order valence-electron chi connectivity index (χ4n) is 2.93. The van der Waals surface area contributed by atoms with Crippen LogP contribution in [0.5, 0.6) is 0 Å². The summed E-state index contributed by atoms with van der Waals surface area (Å²) in [5.41, 5.74) is 0. The van der Waals surface area contributed by atoms with Gasteiger partial charge in [0.05, 0.1) is 0 Å². The predicted octanol–water partition coefficient (Wildman–Crippen LogP) is 1.74. The maximum atomic E-state index is 12.1. The van der Waals surface area contributed by atoms with Crippen LogP contribution in [0.25, 0.3) is 0 Å². The average molecular weight is 303 g/mol. The van der Waals surface area contributed by atoms with E-state index in [0.29, 0.717) is 13.1 Å². The Hall–Kier alpha value is -0.820. The Morgan fingerprint density at radius 3 is 2.05 bits per heavy atom. The highest BCUT2D eigenvalue weighted by molar-refractivity contribution is 7.87. The van der Waals surface area contributed by atoms with E-state index in [1.54, 1.807) is 0 Å². The second kappa shape index (κ2) is 7.26. The molecule has 1 saturated carbocycles. The number of hydrogen-bond donors (Lipinski definition) is 2. The van der Waals surface area contributed by atoms with E-state index >= 15 is 0 Å². The van der Waals surface area contributed by atoms with Crippen molar-refractivity contribution in [2.45, 2.75) is 63.8 Å². The number of nitrogens with one attached hydrogen (secondary N) is 2. The molecular weight excluding hydrogens is 278 g/mol. The average Bonchev–Trinajstić information content (AvgIpc) is 2.68. The first-order valence-corrected chi connectivity index (χ1v) is 9.10. The lowest BCUT2D eigenvalue weighted by atomic mass is 9.96. The van der Waals surface area contributed by atoms with Crippen molar-refractivity contribution in [1.29, 1.82) is 0 Å². The summed E-state index contributed by atoms with van der Waals surface area (Å²) in [6, 6.07) is -0.468. The number of amides is 2. The zero-order valence-corrected chi connectivity index (χ0v) is 12.8. The molecule has 1 aliphatic heterocycles. The Balaban J connectivity index is 1.84. The number of nitrogens with zero attached hydrogens (tertiary/aromatic N) is 1. The lowest BCUT2D eigenvalue weighted by Gasteiger charge is -2.24. The molecule has 0 spiro atoms. The summed E-state index contributed by atoms with van der Waals surface area (Å²) >= 11 is 0. The molecule has 116 valence electrons. The third-order valence-corrected chi connectivity index (χ3v) is 5.56. The molecule has 1 heterocycles. The molecule has 7 heteroatoms. The van der Waals surface area contributed by atoms with Gasteiger partial charge < -0.3 is 5.32 Å². The van der Waals surface area contributed by atoms with Crippen molar-refractivity contribution in [3.8, 4) is 0 Å². The van der Waals surface area contributed by atoms with Crippen molar-refractivity contribution in [1.82, 2.24) is 14.3 Å².